The van der Waals surface area contributed by atoms with E-state index in [1.807, 2.05) is 20.8 Å². The van der Waals surface area contributed by atoms with Gasteiger partial charge in [0.15, 0.2) is 0 Å². The summed E-state index contributed by atoms with van der Waals surface area (Å²) in [5.74, 6) is 2.76. The van der Waals surface area contributed by atoms with Crippen LogP contribution in [0.2, 0.25) is 15.1 Å². The van der Waals surface area contributed by atoms with Gasteiger partial charge in [-0.15, -0.1) is 0 Å². The molecule has 3 aliphatic heterocycles. The number of hydrogen-bond donors (Lipinski definition) is 3. The summed E-state index contributed by atoms with van der Waals surface area (Å²) in [4.78, 5) is 73.9. The summed E-state index contributed by atoms with van der Waals surface area (Å²) in [6.07, 6.45) is 9.44. The van der Waals surface area contributed by atoms with Gasteiger partial charge in [0, 0.05) is 110 Å². The molecule has 12 rings (SSSR count). The maximum Gasteiger partial charge on any atom is 0.251 e. The molecule has 0 radical (unpaired) electrons. The SMILES string of the molecule is C.C.CC(C)CCCNC(=O)c1cc(C(C)Oc2ccc(Cl)c(F)c2)c2nc(N3CCOCC3)cnc2c1.CC(C)CCCNC(=O)c1cc(C(C)Oc2ccc(Cl)c(F)c2)c2nc(N3CCOCC3)cnc2c1.CC(C)CCCNC(=O)c1cc(C(C)Oc2ccc(Cl)c(F)c2)c2nc(N3CCOCC3)cnc2c1. The summed E-state index contributed by atoms with van der Waals surface area (Å²) >= 11 is 17.5. The zero-order chi connectivity index (χ0) is 77.0. The molecule has 6 heterocycles. The van der Waals surface area contributed by atoms with Crippen molar-refractivity contribution in [3.63, 3.8) is 0 Å². The lowest BCUT2D eigenvalue weighted by atomic mass is 10.0. The molecule has 3 unspecified atom stereocenters. The summed E-state index contributed by atoms with van der Waals surface area (Å²) in [6.45, 7) is 28.4. The first-order valence-electron chi connectivity index (χ1n) is 37.0. The Kier molecular flexibility index (Phi) is 33.0. The lowest BCUT2D eigenvalue weighted by molar-refractivity contribution is 0.0944. The highest BCUT2D eigenvalue weighted by Crippen LogP contribution is 2.36. The number of aromatic nitrogens is 6. The van der Waals surface area contributed by atoms with Crippen molar-refractivity contribution < 1.29 is 56.0 Å². The maximum atomic E-state index is 14.0. The number of carbonyl (C=O) groups is 3. The quantitative estimate of drug-likeness (QED) is 0.0406. The molecule has 0 bridgehead atoms. The van der Waals surface area contributed by atoms with Gasteiger partial charge in [-0.05, 0) is 150 Å². The zero-order valence-corrected chi connectivity index (χ0v) is 64.9. The van der Waals surface area contributed by atoms with Crippen molar-refractivity contribution in [2.45, 2.75) is 134 Å². The Hall–Kier alpha value is -8.91. The highest BCUT2D eigenvalue weighted by atomic mass is 35.5. The van der Waals surface area contributed by atoms with E-state index in [0.717, 1.165) is 95.2 Å². The Morgan fingerprint density at radius 3 is 0.900 bits per heavy atom. The number of nitrogens with one attached hydrogen (secondary N) is 3. The number of amides is 3. The van der Waals surface area contributed by atoms with Crippen LogP contribution in [0.5, 0.6) is 17.2 Å². The minimum Gasteiger partial charge on any atom is -0.486 e. The second-order valence-electron chi connectivity index (χ2n) is 28.2. The molecule has 6 aromatic carbocycles. The Morgan fingerprint density at radius 2 is 0.664 bits per heavy atom. The predicted molar refractivity (Wildman–Crippen MR) is 432 cm³/mol. The second kappa shape index (κ2) is 41.9. The topological polar surface area (TPSA) is 230 Å². The third-order valence-electron chi connectivity index (χ3n) is 18.4. The van der Waals surface area contributed by atoms with Crippen molar-refractivity contribution in [1.29, 1.82) is 0 Å². The first-order valence-corrected chi connectivity index (χ1v) is 38.2. The molecule has 3 aromatic heterocycles. The van der Waals surface area contributed by atoms with Crippen LogP contribution >= 0.6 is 34.8 Å². The largest absolute Gasteiger partial charge is 0.486 e. The molecule has 3 saturated heterocycles. The lowest BCUT2D eigenvalue weighted by Gasteiger charge is -2.28. The van der Waals surface area contributed by atoms with Crippen LogP contribution in [0.4, 0.5) is 30.6 Å². The average Bonchev–Trinajstić information content (AvgIpc) is 0.789. The molecular weight excluding hydrogens is 1470 g/mol. The number of fused-ring (bicyclic) bond motifs is 3. The van der Waals surface area contributed by atoms with E-state index < -0.39 is 35.8 Å². The monoisotopic (exact) mass is 1570 g/mol. The van der Waals surface area contributed by atoms with E-state index in [-0.39, 0.29) is 47.6 Å². The van der Waals surface area contributed by atoms with E-state index in [9.17, 15) is 27.6 Å². The summed E-state index contributed by atoms with van der Waals surface area (Å²) < 4.78 is 76.6. The third kappa shape index (κ3) is 24.3. The van der Waals surface area contributed by atoms with E-state index in [1.165, 1.54) is 36.4 Å². The average molecular weight is 1580 g/mol. The van der Waals surface area contributed by atoms with Gasteiger partial charge in [0.1, 0.15) is 70.5 Å². The van der Waals surface area contributed by atoms with Crippen LogP contribution in [0.1, 0.15) is 182 Å². The molecule has 3 N–H and O–H groups in total. The van der Waals surface area contributed by atoms with Crippen molar-refractivity contribution in [2.24, 2.45) is 17.8 Å². The molecular formula is C83H104Cl3F3N12O9. The molecule has 110 heavy (non-hydrogen) atoms. The van der Waals surface area contributed by atoms with E-state index in [4.69, 9.17) is 78.2 Å². The summed E-state index contributed by atoms with van der Waals surface area (Å²) in [7, 11) is 0. The van der Waals surface area contributed by atoms with Crippen molar-refractivity contribution in [3.05, 3.63) is 175 Å². The van der Waals surface area contributed by atoms with Crippen LogP contribution in [0.25, 0.3) is 33.1 Å². The van der Waals surface area contributed by atoms with E-state index >= 15 is 0 Å². The normalized spacial score (nSPS) is 14.5. The van der Waals surface area contributed by atoms with Crippen molar-refractivity contribution in [1.82, 2.24) is 45.9 Å². The fourth-order valence-corrected chi connectivity index (χ4v) is 12.8. The van der Waals surface area contributed by atoms with Gasteiger partial charge >= 0.3 is 0 Å². The fraction of sp³-hybridized carbons (Fsp3) is 0.458. The number of morpholine rings is 3. The fourth-order valence-electron chi connectivity index (χ4n) is 12.4. The molecule has 3 amide bonds. The standard InChI is InChI=1S/3C27H32ClFN4O3.2CH4/c3*1-17(2)5-4-8-30-27(34)19-13-21(18(3)36-20-6-7-22(28)23(29)15-20)26-24(14-19)31-16-25(32-26)33-9-11-35-12-10-33;;/h3*6-7,13-18H,4-5,8-12H2,1-3H3,(H,30,34);2*1H4. The molecule has 592 valence electrons. The molecule has 9 aromatic rings. The summed E-state index contributed by atoms with van der Waals surface area (Å²) in [6, 6.07) is 23.5. The van der Waals surface area contributed by atoms with E-state index in [0.29, 0.717) is 161 Å². The van der Waals surface area contributed by atoms with Gasteiger partial charge in [-0.1, -0.05) is 91.2 Å². The second-order valence-corrected chi connectivity index (χ2v) is 29.4. The van der Waals surface area contributed by atoms with Crippen LogP contribution in [-0.4, -0.2) is 146 Å². The smallest absolute Gasteiger partial charge is 0.251 e. The molecule has 3 fully saturated rings. The van der Waals surface area contributed by atoms with Gasteiger partial charge in [-0.25, -0.2) is 28.1 Å². The Balaban J connectivity index is 0.000000206. The first kappa shape index (κ1) is 86.7. The van der Waals surface area contributed by atoms with Gasteiger partial charge in [0.2, 0.25) is 0 Å². The number of hydrogen-bond acceptors (Lipinski definition) is 18. The van der Waals surface area contributed by atoms with Crippen LogP contribution in [0.15, 0.2) is 110 Å². The number of ether oxygens (including phenoxy) is 6. The molecule has 21 nitrogen and oxygen atoms in total. The van der Waals surface area contributed by atoms with Crippen LogP contribution in [-0.2, 0) is 14.2 Å². The highest BCUT2D eigenvalue weighted by Gasteiger charge is 2.26. The Morgan fingerprint density at radius 1 is 0.409 bits per heavy atom. The Bertz CT molecular complexity index is 4100. The minimum absolute atomic E-state index is 0. The van der Waals surface area contributed by atoms with Crippen LogP contribution in [0.3, 0.4) is 0 Å². The number of nitrogens with zero attached hydrogens (tertiary/aromatic N) is 9. The van der Waals surface area contributed by atoms with Crippen molar-refractivity contribution >= 4 is 103 Å². The molecule has 0 saturated carbocycles. The van der Waals surface area contributed by atoms with Crippen LogP contribution in [0, 0.1) is 35.2 Å². The first-order chi connectivity index (χ1) is 51.9. The molecule has 0 spiro atoms. The van der Waals surface area contributed by atoms with Gasteiger partial charge in [-0.2, -0.15) is 0 Å². The molecule has 3 aliphatic rings. The molecule has 3 atom stereocenters. The predicted octanol–water partition coefficient (Wildman–Crippen LogP) is 18.0. The van der Waals surface area contributed by atoms with E-state index in [2.05, 4.69) is 87.1 Å². The number of anilines is 3. The molecule has 27 heteroatoms. The summed E-state index contributed by atoms with van der Waals surface area (Å²) in [5, 5.41) is 9.07. The molecule has 0 aliphatic carbocycles. The number of carbonyl (C=O) groups excluding carboxylic acids is 3. The Labute approximate surface area is 659 Å². The number of rotatable bonds is 27. The van der Waals surface area contributed by atoms with Gasteiger partial charge in [0.25, 0.3) is 17.7 Å². The number of benzene rings is 6. The van der Waals surface area contributed by atoms with Crippen molar-refractivity contribution in [2.75, 3.05) is 113 Å². The maximum absolute atomic E-state index is 14.0. The lowest BCUT2D eigenvalue weighted by Crippen LogP contribution is -2.36. The van der Waals surface area contributed by atoms with Gasteiger partial charge in [0.05, 0.1) is 106 Å². The van der Waals surface area contributed by atoms with Gasteiger partial charge < -0.3 is 59.1 Å². The third-order valence-corrected chi connectivity index (χ3v) is 19.4. The van der Waals surface area contributed by atoms with Crippen molar-refractivity contribution in [3.8, 4) is 17.2 Å². The summed E-state index contributed by atoms with van der Waals surface area (Å²) in [5.41, 5.74) is 7.20. The minimum atomic E-state index is -0.560. The van der Waals surface area contributed by atoms with Crippen LogP contribution < -0.4 is 44.9 Å². The highest BCUT2D eigenvalue weighted by molar-refractivity contribution is 6.31. The zero-order valence-electron chi connectivity index (χ0n) is 62.7. The number of halogens is 6. The van der Waals surface area contributed by atoms with Gasteiger partial charge in [-0.3, -0.25) is 29.3 Å². The van der Waals surface area contributed by atoms with E-state index in [1.54, 1.807) is 73.2 Å².